The molecule has 78 valence electrons. The van der Waals surface area contributed by atoms with E-state index < -0.39 is 12.3 Å². The maximum Gasteiger partial charge on any atom is 0.156 e. The number of rotatable bonds is 3. The number of alkyl halides is 1. The topological polar surface area (TPSA) is 20.2 Å². The molecule has 0 aliphatic carbocycles. The van der Waals surface area contributed by atoms with Crippen molar-refractivity contribution in [2.24, 2.45) is 0 Å². The molecule has 0 aromatic heterocycles. The van der Waals surface area contributed by atoms with E-state index in [1.165, 1.54) is 6.92 Å². The molecule has 0 bridgehead atoms. The number of aryl methyl sites for hydroxylation is 1. The quantitative estimate of drug-likeness (QED) is 0.824. The fraction of sp³-hybridized carbons (Fsp3) is 0.455. The lowest BCUT2D eigenvalue weighted by atomic mass is 9.97. The van der Waals surface area contributed by atoms with E-state index in [2.05, 4.69) is 0 Å². The fourth-order valence-corrected chi connectivity index (χ4v) is 1.56. The molecule has 0 radical (unpaired) electrons. The van der Waals surface area contributed by atoms with E-state index in [1.54, 1.807) is 18.2 Å². The van der Waals surface area contributed by atoms with Crippen LogP contribution >= 0.6 is 11.6 Å². The Morgan fingerprint density at radius 1 is 1.50 bits per heavy atom. The summed E-state index contributed by atoms with van der Waals surface area (Å²) in [5.74, 6) is 0. The number of hydrogen-bond donors (Lipinski definition) is 1. The van der Waals surface area contributed by atoms with Crippen LogP contribution in [-0.4, -0.2) is 11.7 Å². The van der Waals surface area contributed by atoms with E-state index >= 15 is 0 Å². The fourth-order valence-electron chi connectivity index (χ4n) is 1.25. The molecule has 0 saturated carbocycles. The monoisotopic (exact) mass is 216 g/mol. The molecular formula is C11H14ClFO. The van der Waals surface area contributed by atoms with Crippen LogP contribution in [0.5, 0.6) is 0 Å². The molecule has 1 aromatic carbocycles. The van der Waals surface area contributed by atoms with Crippen LogP contribution in [0, 0.1) is 0 Å². The van der Waals surface area contributed by atoms with Gasteiger partial charge in [-0.2, -0.15) is 0 Å². The van der Waals surface area contributed by atoms with Crippen molar-refractivity contribution in [2.75, 3.05) is 6.61 Å². The number of benzene rings is 1. The maximum atomic E-state index is 13.7. The van der Waals surface area contributed by atoms with E-state index in [0.717, 1.165) is 12.0 Å². The number of halogens is 2. The van der Waals surface area contributed by atoms with Crippen LogP contribution in [0.15, 0.2) is 18.2 Å². The van der Waals surface area contributed by atoms with E-state index in [-0.39, 0.29) is 0 Å². The highest BCUT2D eigenvalue weighted by atomic mass is 35.5. The van der Waals surface area contributed by atoms with Crippen molar-refractivity contribution < 1.29 is 9.50 Å². The van der Waals surface area contributed by atoms with Crippen LogP contribution in [0.2, 0.25) is 5.02 Å². The summed E-state index contributed by atoms with van der Waals surface area (Å²) in [6.45, 7) is 2.79. The van der Waals surface area contributed by atoms with E-state index in [4.69, 9.17) is 16.7 Å². The standard InChI is InChI=1S/C11H14ClFO/c1-3-8-4-5-9(6-10(8)12)11(2,13)7-14/h4-6,14H,3,7H2,1-2H3. The summed E-state index contributed by atoms with van der Waals surface area (Å²) in [6.07, 6.45) is 0.821. The summed E-state index contributed by atoms with van der Waals surface area (Å²) in [6, 6.07) is 5.04. The molecule has 3 heteroatoms. The summed E-state index contributed by atoms with van der Waals surface area (Å²) in [4.78, 5) is 0. The third kappa shape index (κ3) is 2.25. The lowest BCUT2D eigenvalue weighted by molar-refractivity contribution is 0.0868. The second-order valence-corrected chi connectivity index (χ2v) is 3.92. The van der Waals surface area contributed by atoms with E-state index in [1.807, 2.05) is 6.92 Å². The highest BCUT2D eigenvalue weighted by molar-refractivity contribution is 6.31. The van der Waals surface area contributed by atoms with Gasteiger partial charge in [-0.25, -0.2) is 4.39 Å². The molecule has 0 aliphatic rings. The SMILES string of the molecule is CCc1ccc(C(C)(F)CO)cc1Cl. The third-order valence-corrected chi connectivity index (χ3v) is 2.68. The van der Waals surface area contributed by atoms with Crippen molar-refractivity contribution in [1.29, 1.82) is 0 Å². The molecule has 1 rings (SSSR count). The molecule has 1 N–H and O–H groups in total. The van der Waals surface area contributed by atoms with Gasteiger partial charge >= 0.3 is 0 Å². The smallest absolute Gasteiger partial charge is 0.156 e. The lowest BCUT2D eigenvalue weighted by Gasteiger charge is -2.18. The molecule has 14 heavy (non-hydrogen) atoms. The summed E-state index contributed by atoms with van der Waals surface area (Å²) < 4.78 is 13.7. The molecule has 0 aliphatic heterocycles. The number of aliphatic hydroxyl groups is 1. The second kappa shape index (κ2) is 4.28. The Kier molecular flexibility index (Phi) is 3.51. The summed E-state index contributed by atoms with van der Waals surface area (Å²) in [7, 11) is 0. The predicted octanol–water partition coefficient (Wildman–Crippen LogP) is 3.08. The van der Waals surface area contributed by atoms with Crippen LogP contribution in [0.3, 0.4) is 0 Å². The van der Waals surface area contributed by atoms with Crippen LogP contribution in [0.4, 0.5) is 4.39 Å². The van der Waals surface area contributed by atoms with Gasteiger partial charge in [-0.3, -0.25) is 0 Å². The molecule has 0 fully saturated rings. The van der Waals surface area contributed by atoms with Crippen molar-refractivity contribution in [3.8, 4) is 0 Å². The van der Waals surface area contributed by atoms with Gasteiger partial charge in [0.2, 0.25) is 0 Å². The molecule has 1 nitrogen and oxygen atoms in total. The summed E-state index contributed by atoms with van der Waals surface area (Å²) >= 11 is 5.94. The number of aliphatic hydroxyl groups excluding tert-OH is 1. The zero-order valence-corrected chi connectivity index (χ0v) is 9.11. The molecule has 1 atom stereocenters. The second-order valence-electron chi connectivity index (χ2n) is 3.52. The first-order valence-corrected chi connectivity index (χ1v) is 4.97. The first-order chi connectivity index (χ1) is 6.51. The average molecular weight is 217 g/mol. The largest absolute Gasteiger partial charge is 0.393 e. The highest BCUT2D eigenvalue weighted by Gasteiger charge is 2.25. The normalized spacial score (nSPS) is 15.2. The molecule has 0 amide bonds. The Morgan fingerprint density at radius 3 is 2.57 bits per heavy atom. The van der Waals surface area contributed by atoms with Gasteiger partial charge in [0.1, 0.15) is 0 Å². The summed E-state index contributed by atoms with van der Waals surface area (Å²) in [5.41, 5.74) is -0.304. The van der Waals surface area contributed by atoms with Crippen LogP contribution in [-0.2, 0) is 12.1 Å². The Morgan fingerprint density at radius 2 is 2.14 bits per heavy atom. The van der Waals surface area contributed by atoms with Gasteiger partial charge in [0.15, 0.2) is 5.67 Å². The van der Waals surface area contributed by atoms with Crippen molar-refractivity contribution >= 4 is 11.6 Å². The Labute approximate surface area is 88.5 Å². The molecular weight excluding hydrogens is 203 g/mol. The average Bonchev–Trinajstić information content (AvgIpc) is 2.17. The predicted molar refractivity (Wildman–Crippen MR) is 56.4 cm³/mol. The van der Waals surface area contributed by atoms with Gasteiger partial charge < -0.3 is 5.11 Å². The lowest BCUT2D eigenvalue weighted by Crippen LogP contribution is -2.20. The molecule has 1 unspecified atom stereocenters. The molecule has 0 spiro atoms. The van der Waals surface area contributed by atoms with Crippen molar-refractivity contribution in [3.63, 3.8) is 0 Å². The van der Waals surface area contributed by atoms with Gasteiger partial charge in [0, 0.05) is 5.02 Å². The van der Waals surface area contributed by atoms with Gasteiger partial charge in [0.05, 0.1) is 6.61 Å². The molecule has 0 saturated heterocycles. The molecule has 1 aromatic rings. The van der Waals surface area contributed by atoms with Crippen LogP contribution in [0.1, 0.15) is 25.0 Å². The van der Waals surface area contributed by atoms with Gasteiger partial charge in [-0.15, -0.1) is 0 Å². The van der Waals surface area contributed by atoms with Crippen molar-refractivity contribution in [2.45, 2.75) is 25.9 Å². The van der Waals surface area contributed by atoms with E-state index in [0.29, 0.717) is 10.6 Å². The highest BCUT2D eigenvalue weighted by Crippen LogP contribution is 2.28. The zero-order valence-electron chi connectivity index (χ0n) is 8.35. The Bertz CT molecular complexity index is 323. The third-order valence-electron chi connectivity index (χ3n) is 2.33. The minimum absolute atomic E-state index is 0.419. The van der Waals surface area contributed by atoms with Gasteiger partial charge in [-0.1, -0.05) is 30.7 Å². The summed E-state index contributed by atoms with van der Waals surface area (Å²) in [5, 5.41) is 9.40. The van der Waals surface area contributed by atoms with Gasteiger partial charge in [0.25, 0.3) is 0 Å². The number of hydrogen-bond acceptors (Lipinski definition) is 1. The van der Waals surface area contributed by atoms with Crippen molar-refractivity contribution in [1.82, 2.24) is 0 Å². The minimum atomic E-state index is -1.71. The molecule has 0 heterocycles. The Balaban J connectivity index is 3.08. The first-order valence-electron chi connectivity index (χ1n) is 4.60. The minimum Gasteiger partial charge on any atom is -0.393 e. The van der Waals surface area contributed by atoms with Crippen molar-refractivity contribution in [3.05, 3.63) is 34.3 Å². The first kappa shape index (κ1) is 11.5. The van der Waals surface area contributed by atoms with Crippen LogP contribution in [0.25, 0.3) is 0 Å². The van der Waals surface area contributed by atoms with E-state index in [9.17, 15) is 4.39 Å². The zero-order chi connectivity index (χ0) is 10.8. The van der Waals surface area contributed by atoms with Crippen LogP contribution < -0.4 is 0 Å². The Hall–Kier alpha value is -0.600. The maximum absolute atomic E-state index is 13.7. The van der Waals surface area contributed by atoms with Gasteiger partial charge in [-0.05, 0) is 30.5 Å².